The number of fused-ring (bicyclic) bond motifs is 1. The number of nitrogens with one attached hydrogen (secondary N) is 3. The Morgan fingerprint density at radius 2 is 1.77 bits per heavy atom. The maximum absolute atomic E-state index is 11.9. The molecule has 0 aliphatic heterocycles. The third-order valence-corrected chi connectivity index (χ3v) is 3.93. The van der Waals surface area contributed by atoms with Gasteiger partial charge in [0.1, 0.15) is 0 Å². The summed E-state index contributed by atoms with van der Waals surface area (Å²) >= 11 is 0. The molecule has 1 heterocycles. The van der Waals surface area contributed by atoms with Gasteiger partial charge in [0, 0.05) is 41.2 Å². The number of rotatable bonds is 6. The number of aromatic amines is 1. The van der Waals surface area contributed by atoms with Crippen molar-refractivity contribution in [2.24, 2.45) is 5.10 Å². The van der Waals surface area contributed by atoms with Crippen LogP contribution in [0.5, 0.6) is 0 Å². The minimum atomic E-state index is -0.305. The van der Waals surface area contributed by atoms with Gasteiger partial charge in [-0.3, -0.25) is 9.59 Å². The lowest BCUT2D eigenvalue weighted by Gasteiger charge is -2.05. The van der Waals surface area contributed by atoms with Crippen LogP contribution in [-0.4, -0.2) is 23.0 Å². The summed E-state index contributed by atoms with van der Waals surface area (Å²) in [6.45, 7) is 1.98. The fraction of sp³-hybridized carbons (Fsp3) is 0.150. The van der Waals surface area contributed by atoms with E-state index in [2.05, 4.69) is 20.8 Å². The highest BCUT2D eigenvalue weighted by molar-refractivity contribution is 5.99. The van der Waals surface area contributed by atoms with Gasteiger partial charge in [0.15, 0.2) is 0 Å². The number of H-pyrrole nitrogens is 1. The van der Waals surface area contributed by atoms with E-state index >= 15 is 0 Å². The molecular formula is C20H20N4O2. The van der Waals surface area contributed by atoms with Gasteiger partial charge in [-0.15, -0.1) is 0 Å². The SMILES string of the molecule is Cc1ccc(NC(=O)CCC(=O)NN=Cc2c[nH]c3ccccc23)cc1. The number of para-hydroxylation sites is 1. The average molecular weight is 348 g/mol. The van der Waals surface area contributed by atoms with E-state index in [9.17, 15) is 9.59 Å². The number of aromatic nitrogens is 1. The van der Waals surface area contributed by atoms with Crippen molar-refractivity contribution >= 4 is 34.6 Å². The second-order valence-corrected chi connectivity index (χ2v) is 6.00. The molecule has 3 N–H and O–H groups in total. The van der Waals surface area contributed by atoms with E-state index in [1.165, 1.54) is 0 Å². The number of hydrazone groups is 1. The standard InChI is InChI=1S/C20H20N4O2/c1-14-6-8-16(9-7-14)23-19(25)10-11-20(26)24-22-13-15-12-21-18-5-3-2-4-17(15)18/h2-9,12-13,21H,10-11H2,1H3,(H,23,25)(H,24,26). The van der Waals surface area contributed by atoms with Gasteiger partial charge in [-0.2, -0.15) is 5.10 Å². The van der Waals surface area contributed by atoms with E-state index in [1.807, 2.05) is 61.7 Å². The topological polar surface area (TPSA) is 86.3 Å². The summed E-state index contributed by atoms with van der Waals surface area (Å²) in [5.74, 6) is -0.509. The lowest BCUT2D eigenvalue weighted by atomic mass is 10.2. The Balaban J connectivity index is 1.45. The summed E-state index contributed by atoms with van der Waals surface area (Å²) in [5, 5.41) is 7.75. The monoisotopic (exact) mass is 348 g/mol. The van der Waals surface area contributed by atoms with Crippen LogP contribution in [0.4, 0.5) is 5.69 Å². The molecule has 3 aromatic rings. The van der Waals surface area contributed by atoms with E-state index < -0.39 is 0 Å². The normalized spacial score (nSPS) is 11.0. The molecule has 0 unspecified atom stereocenters. The van der Waals surface area contributed by atoms with Crippen molar-refractivity contribution in [2.75, 3.05) is 5.32 Å². The highest BCUT2D eigenvalue weighted by Gasteiger charge is 2.07. The van der Waals surface area contributed by atoms with Gasteiger partial charge in [-0.25, -0.2) is 5.43 Å². The first-order chi connectivity index (χ1) is 12.6. The molecular weight excluding hydrogens is 328 g/mol. The Hall–Kier alpha value is -3.41. The molecule has 1 aromatic heterocycles. The first-order valence-corrected chi connectivity index (χ1v) is 8.36. The molecule has 3 rings (SSSR count). The zero-order valence-corrected chi connectivity index (χ0v) is 14.5. The number of benzene rings is 2. The second-order valence-electron chi connectivity index (χ2n) is 6.00. The van der Waals surface area contributed by atoms with Crippen molar-refractivity contribution in [2.45, 2.75) is 19.8 Å². The Morgan fingerprint density at radius 3 is 2.58 bits per heavy atom. The van der Waals surface area contributed by atoms with Crippen LogP contribution >= 0.6 is 0 Å². The molecule has 2 amide bonds. The van der Waals surface area contributed by atoms with Crippen LogP contribution in [0.2, 0.25) is 0 Å². The third kappa shape index (κ3) is 4.57. The molecule has 2 aromatic carbocycles. The number of hydrogen-bond acceptors (Lipinski definition) is 3. The summed E-state index contributed by atoms with van der Waals surface area (Å²) in [6, 6.07) is 15.3. The summed E-state index contributed by atoms with van der Waals surface area (Å²) in [7, 11) is 0. The van der Waals surface area contributed by atoms with Gasteiger partial charge in [-0.05, 0) is 25.1 Å². The van der Waals surface area contributed by atoms with Crippen molar-refractivity contribution in [1.82, 2.24) is 10.4 Å². The quantitative estimate of drug-likeness (QED) is 0.471. The van der Waals surface area contributed by atoms with Crippen LogP contribution in [-0.2, 0) is 9.59 Å². The van der Waals surface area contributed by atoms with Gasteiger partial charge in [0.05, 0.1) is 6.21 Å². The number of hydrogen-bond donors (Lipinski definition) is 3. The minimum Gasteiger partial charge on any atom is -0.361 e. The molecule has 0 radical (unpaired) electrons. The first kappa shape index (κ1) is 17.4. The molecule has 132 valence electrons. The average Bonchev–Trinajstić information content (AvgIpc) is 3.05. The maximum Gasteiger partial charge on any atom is 0.240 e. The zero-order valence-electron chi connectivity index (χ0n) is 14.5. The van der Waals surface area contributed by atoms with Crippen LogP contribution in [0.15, 0.2) is 59.8 Å². The molecule has 6 nitrogen and oxygen atoms in total. The summed E-state index contributed by atoms with van der Waals surface area (Å²) in [6.07, 6.45) is 3.59. The Kier molecular flexibility index (Phi) is 5.43. The number of anilines is 1. The van der Waals surface area contributed by atoms with Crippen molar-refractivity contribution in [1.29, 1.82) is 0 Å². The van der Waals surface area contributed by atoms with E-state index in [0.717, 1.165) is 27.7 Å². The maximum atomic E-state index is 11.9. The molecule has 26 heavy (non-hydrogen) atoms. The largest absolute Gasteiger partial charge is 0.361 e. The van der Waals surface area contributed by atoms with Gasteiger partial charge < -0.3 is 10.3 Å². The molecule has 0 fully saturated rings. The van der Waals surface area contributed by atoms with Crippen LogP contribution in [0, 0.1) is 6.92 Å². The van der Waals surface area contributed by atoms with Crippen molar-refractivity contribution in [3.8, 4) is 0 Å². The fourth-order valence-electron chi connectivity index (χ4n) is 2.52. The predicted octanol–water partition coefficient (Wildman–Crippen LogP) is 3.35. The minimum absolute atomic E-state index is 0.0723. The summed E-state index contributed by atoms with van der Waals surface area (Å²) < 4.78 is 0. The van der Waals surface area contributed by atoms with Crippen LogP contribution < -0.4 is 10.7 Å². The van der Waals surface area contributed by atoms with Crippen molar-refractivity contribution in [3.05, 3.63) is 65.9 Å². The van der Waals surface area contributed by atoms with E-state index in [1.54, 1.807) is 6.21 Å². The van der Waals surface area contributed by atoms with Gasteiger partial charge in [0.25, 0.3) is 0 Å². The Morgan fingerprint density at radius 1 is 1.04 bits per heavy atom. The molecule has 0 bridgehead atoms. The number of amides is 2. The molecule has 0 atom stereocenters. The van der Waals surface area contributed by atoms with Crippen LogP contribution in [0.1, 0.15) is 24.0 Å². The number of carbonyl (C=O) groups excluding carboxylic acids is 2. The summed E-state index contributed by atoms with van der Waals surface area (Å²) in [5.41, 5.74) is 6.18. The summed E-state index contributed by atoms with van der Waals surface area (Å²) in [4.78, 5) is 26.8. The van der Waals surface area contributed by atoms with Gasteiger partial charge >= 0.3 is 0 Å². The third-order valence-electron chi connectivity index (χ3n) is 3.93. The lowest BCUT2D eigenvalue weighted by molar-refractivity contribution is -0.124. The highest BCUT2D eigenvalue weighted by atomic mass is 16.2. The van der Waals surface area contributed by atoms with Crippen molar-refractivity contribution < 1.29 is 9.59 Å². The molecule has 0 aliphatic rings. The molecule has 0 saturated heterocycles. The molecule has 0 spiro atoms. The van der Waals surface area contributed by atoms with Crippen molar-refractivity contribution in [3.63, 3.8) is 0 Å². The Bertz CT molecular complexity index is 942. The lowest BCUT2D eigenvalue weighted by Crippen LogP contribution is -2.20. The number of carbonyl (C=O) groups is 2. The van der Waals surface area contributed by atoms with Gasteiger partial charge in [-0.1, -0.05) is 35.9 Å². The highest BCUT2D eigenvalue weighted by Crippen LogP contribution is 2.15. The number of aryl methyl sites for hydroxylation is 1. The van der Waals surface area contributed by atoms with E-state index in [-0.39, 0.29) is 24.7 Å². The number of nitrogens with zero attached hydrogens (tertiary/aromatic N) is 1. The fourth-order valence-corrected chi connectivity index (χ4v) is 2.52. The second kappa shape index (κ2) is 8.11. The van der Waals surface area contributed by atoms with Crippen LogP contribution in [0.25, 0.3) is 10.9 Å². The smallest absolute Gasteiger partial charge is 0.240 e. The molecule has 0 aliphatic carbocycles. The zero-order chi connectivity index (χ0) is 18.4. The molecule has 6 heteroatoms. The van der Waals surface area contributed by atoms with Crippen LogP contribution in [0.3, 0.4) is 0 Å². The van der Waals surface area contributed by atoms with E-state index in [4.69, 9.17) is 0 Å². The molecule has 0 saturated carbocycles. The first-order valence-electron chi connectivity index (χ1n) is 8.36. The van der Waals surface area contributed by atoms with Gasteiger partial charge in [0.2, 0.25) is 11.8 Å². The predicted molar refractivity (Wildman–Crippen MR) is 103 cm³/mol. The van der Waals surface area contributed by atoms with E-state index in [0.29, 0.717) is 0 Å². The Labute approximate surface area is 151 Å².